The van der Waals surface area contributed by atoms with Crippen molar-refractivity contribution in [3.05, 3.63) is 47.2 Å². The Hall–Kier alpha value is -2.67. The van der Waals surface area contributed by atoms with E-state index in [1.807, 2.05) is 24.3 Å². The van der Waals surface area contributed by atoms with Gasteiger partial charge in [-0.2, -0.15) is 0 Å². The quantitative estimate of drug-likeness (QED) is 0.728. The zero-order valence-electron chi connectivity index (χ0n) is 19.1. The van der Waals surface area contributed by atoms with Crippen LogP contribution in [0, 0.1) is 6.92 Å². The molecule has 0 unspecified atom stereocenters. The molecule has 3 rings (SSSR count). The fraction of sp³-hybridized carbons (Fsp3) is 0.542. The summed E-state index contributed by atoms with van der Waals surface area (Å²) in [4.78, 5) is 29.9. The molecule has 0 bridgehead atoms. The summed E-state index contributed by atoms with van der Waals surface area (Å²) < 4.78 is 5.00. The van der Waals surface area contributed by atoms with Crippen molar-refractivity contribution in [3.63, 3.8) is 0 Å². The minimum atomic E-state index is -0.286. The summed E-state index contributed by atoms with van der Waals surface area (Å²) >= 11 is 0. The summed E-state index contributed by atoms with van der Waals surface area (Å²) in [6, 6.07) is 9.36. The van der Waals surface area contributed by atoms with E-state index in [1.165, 1.54) is 24.8 Å². The lowest BCUT2D eigenvalue weighted by Gasteiger charge is -2.30. The molecule has 2 aromatic rings. The predicted octanol–water partition coefficient (Wildman–Crippen LogP) is 3.85. The molecule has 0 aliphatic carbocycles. The van der Waals surface area contributed by atoms with Gasteiger partial charge in [0.15, 0.2) is 5.82 Å². The maximum absolute atomic E-state index is 13.3. The molecule has 1 fully saturated rings. The van der Waals surface area contributed by atoms with E-state index in [9.17, 15) is 9.59 Å². The molecule has 1 aliphatic heterocycles. The van der Waals surface area contributed by atoms with Crippen LogP contribution in [-0.4, -0.2) is 59.5 Å². The number of aromatic nitrogens is 1. The molecule has 31 heavy (non-hydrogen) atoms. The van der Waals surface area contributed by atoms with Crippen LogP contribution in [0.15, 0.2) is 34.9 Å². The highest BCUT2D eigenvalue weighted by molar-refractivity contribution is 5.99. The molecule has 1 saturated heterocycles. The molecule has 2 heterocycles. The first-order chi connectivity index (χ1) is 14.7. The Balaban J connectivity index is 1.70. The van der Waals surface area contributed by atoms with Crippen molar-refractivity contribution in [1.29, 1.82) is 0 Å². The third-order valence-corrected chi connectivity index (χ3v) is 5.65. The van der Waals surface area contributed by atoms with Crippen LogP contribution in [0.3, 0.4) is 0 Å². The molecular weight excluding hydrogens is 392 g/mol. The van der Waals surface area contributed by atoms with Crippen LogP contribution >= 0.6 is 0 Å². The molecule has 0 spiro atoms. The van der Waals surface area contributed by atoms with Gasteiger partial charge in [-0.3, -0.25) is 9.59 Å². The van der Waals surface area contributed by atoms with Gasteiger partial charge in [0.2, 0.25) is 5.91 Å². The van der Waals surface area contributed by atoms with Crippen molar-refractivity contribution >= 4 is 17.6 Å². The van der Waals surface area contributed by atoms with Crippen LogP contribution in [0.2, 0.25) is 0 Å². The lowest BCUT2D eigenvalue weighted by Crippen LogP contribution is -2.43. The third kappa shape index (κ3) is 6.66. The van der Waals surface area contributed by atoms with Crippen molar-refractivity contribution in [2.45, 2.75) is 52.4 Å². The number of carbonyl (C=O) groups excluding carboxylic acids is 2. The van der Waals surface area contributed by atoms with Crippen LogP contribution in [0.4, 0.5) is 5.82 Å². The van der Waals surface area contributed by atoms with Gasteiger partial charge >= 0.3 is 0 Å². The zero-order valence-corrected chi connectivity index (χ0v) is 19.1. The van der Waals surface area contributed by atoms with Crippen molar-refractivity contribution in [3.8, 4) is 0 Å². The topological polar surface area (TPSA) is 78.7 Å². The Morgan fingerprint density at radius 2 is 1.81 bits per heavy atom. The molecule has 7 heteroatoms. The highest BCUT2D eigenvalue weighted by Gasteiger charge is 2.22. The first kappa shape index (κ1) is 23.0. The van der Waals surface area contributed by atoms with Crippen LogP contribution in [-0.2, 0) is 10.2 Å². The zero-order chi connectivity index (χ0) is 22.4. The number of likely N-dealkylation sites (tertiary alicyclic amines) is 1. The average molecular weight is 427 g/mol. The fourth-order valence-corrected chi connectivity index (χ4v) is 3.77. The number of rotatable bonds is 7. The second-order valence-corrected chi connectivity index (χ2v) is 9.33. The molecule has 0 saturated carbocycles. The summed E-state index contributed by atoms with van der Waals surface area (Å²) in [5.74, 6) is 0.559. The van der Waals surface area contributed by atoms with Gasteiger partial charge in [0.1, 0.15) is 12.3 Å². The van der Waals surface area contributed by atoms with Gasteiger partial charge < -0.3 is 19.6 Å². The summed E-state index contributed by atoms with van der Waals surface area (Å²) in [5.41, 5.74) is 1.78. The van der Waals surface area contributed by atoms with Gasteiger partial charge in [0.05, 0.1) is 0 Å². The van der Waals surface area contributed by atoms with E-state index >= 15 is 0 Å². The average Bonchev–Trinajstić information content (AvgIpc) is 3.15. The smallest absolute Gasteiger partial charge is 0.254 e. The first-order valence-electron chi connectivity index (χ1n) is 11.1. The highest BCUT2D eigenvalue weighted by atomic mass is 16.5. The number of piperidine rings is 1. The lowest BCUT2D eigenvalue weighted by molar-refractivity contribution is -0.117. The van der Waals surface area contributed by atoms with Crippen LogP contribution < -0.4 is 5.32 Å². The van der Waals surface area contributed by atoms with Crippen molar-refractivity contribution in [2.24, 2.45) is 0 Å². The van der Waals surface area contributed by atoms with Crippen LogP contribution in [0.1, 0.15) is 61.7 Å². The Bertz CT molecular complexity index is 877. The normalized spacial score (nSPS) is 15.0. The van der Waals surface area contributed by atoms with Crippen molar-refractivity contribution < 1.29 is 14.1 Å². The summed E-state index contributed by atoms with van der Waals surface area (Å²) in [5, 5.41) is 6.51. The number of carbonyl (C=O) groups is 2. The molecule has 7 nitrogen and oxygen atoms in total. The standard InChI is InChI=1S/C24H34N4O3/c1-18-16-21(26-31-18)25-22(29)17-28(15-14-27-12-6-5-7-13-27)23(30)19-8-10-20(11-9-19)24(2,3)4/h8-11,16H,5-7,12-15,17H2,1-4H3,(H,25,26,29). The predicted molar refractivity (Wildman–Crippen MR) is 121 cm³/mol. The maximum Gasteiger partial charge on any atom is 0.254 e. The SMILES string of the molecule is Cc1cc(NC(=O)CN(CCN2CCCCC2)C(=O)c2ccc(C(C)(C)C)cc2)no1. The molecule has 1 aromatic heterocycles. The number of amides is 2. The van der Waals surface area contributed by atoms with Crippen LogP contribution in [0.25, 0.3) is 0 Å². The number of nitrogens with one attached hydrogen (secondary N) is 1. The van der Waals surface area contributed by atoms with E-state index < -0.39 is 0 Å². The van der Waals surface area contributed by atoms with Crippen LogP contribution in [0.5, 0.6) is 0 Å². The molecule has 1 N–H and O–H groups in total. The van der Waals surface area contributed by atoms with E-state index in [-0.39, 0.29) is 23.8 Å². The number of hydrogen-bond acceptors (Lipinski definition) is 5. The van der Waals surface area contributed by atoms with Gasteiger partial charge in [0.25, 0.3) is 5.91 Å². The number of nitrogens with zero attached hydrogens (tertiary/aromatic N) is 3. The maximum atomic E-state index is 13.3. The molecule has 2 amide bonds. The van der Waals surface area contributed by atoms with Gasteiger partial charge in [-0.25, -0.2) is 0 Å². The molecule has 168 valence electrons. The molecular formula is C24H34N4O3. The monoisotopic (exact) mass is 426 g/mol. The largest absolute Gasteiger partial charge is 0.360 e. The lowest BCUT2D eigenvalue weighted by atomic mass is 9.86. The second-order valence-electron chi connectivity index (χ2n) is 9.33. The van der Waals surface area contributed by atoms with E-state index in [4.69, 9.17) is 4.52 Å². The molecule has 0 atom stereocenters. The Morgan fingerprint density at radius 3 is 2.39 bits per heavy atom. The summed E-state index contributed by atoms with van der Waals surface area (Å²) in [6.07, 6.45) is 3.64. The highest BCUT2D eigenvalue weighted by Crippen LogP contribution is 2.22. The van der Waals surface area contributed by atoms with Gasteiger partial charge in [0, 0.05) is 24.7 Å². The Labute approximate surface area is 184 Å². The summed E-state index contributed by atoms with van der Waals surface area (Å²) in [6.45, 7) is 11.5. The van der Waals surface area contributed by atoms with Crippen molar-refractivity contribution in [2.75, 3.05) is 38.0 Å². The number of benzene rings is 1. The van der Waals surface area contributed by atoms with E-state index in [0.29, 0.717) is 23.7 Å². The first-order valence-corrected chi connectivity index (χ1v) is 11.1. The van der Waals surface area contributed by atoms with Gasteiger partial charge in [-0.15, -0.1) is 0 Å². The molecule has 1 aliphatic rings. The van der Waals surface area contributed by atoms with Gasteiger partial charge in [-0.1, -0.05) is 44.5 Å². The van der Waals surface area contributed by atoms with E-state index in [2.05, 4.69) is 36.1 Å². The second kappa shape index (κ2) is 10.1. The Kier molecular flexibility index (Phi) is 7.49. The minimum absolute atomic E-state index is 0.0190. The third-order valence-electron chi connectivity index (χ3n) is 5.65. The number of aryl methyl sites for hydroxylation is 1. The minimum Gasteiger partial charge on any atom is -0.360 e. The molecule has 0 radical (unpaired) electrons. The van der Waals surface area contributed by atoms with E-state index in [0.717, 1.165) is 19.6 Å². The Morgan fingerprint density at radius 1 is 1.13 bits per heavy atom. The summed E-state index contributed by atoms with van der Waals surface area (Å²) in [7, 11) is 0. The van der Waals surface area contributed by atoms with E-state index in [1.54, 1.807) is 17.9 Å². The van der Waals surface area contributed by atoms with Gasteiger partial charge in [-0.05, 0) is 56.0 Å². The van der Waals surface area contributed by atoms with Crippen molar-refractivity contribution in [1.82, 2.24) is 15.0 Å². The fourth-order valence-electron chi connectivity index (χ4n) is 3.77. The molecule has 1 aromatic carbocycles. The number of anilines is 1. The number of hydrogen-bond donors (Lipinski definition) is 1.